The molecule has 0 aromatic heterocycles. The van der Waals surface area contributed by atoms with Crippen LogP contribution in [0.4, 0.5) is 5.69 Å². The summed E-state index contributed by atoms with van der Waals surface area (Å²) in [4.78, 5) is 0. The first-order chi connectivity index (χ1) is 6.46. The van der Waals surface area contributed by atoms with Gasteiger partial charge in [-0.3, -0.25) is 4.31 Å². The van der Waals surface area contributed by atoms with Gasteiger partial charge < -0.3 is 0 Å². The summed E-state index contributed by atoms with van der Waals surface area (Å²) in [5.41, 5.74) is 0.571. The number of anilines is 1. The third-order valence-electron chi connectivity index (χ3n) is 2.01. The van der Waals surface area contributed by atoms with E-state index in [-0.39, 0.29) is 0 Å². The van der Waals surface area contributed by atoms with Crippen molar-refractivity contribution in [3.8, 4) is 0 Å². The summed E-state index contributed by atoms with van der Waals surface area (Å²) in [7, 11) is -1.69. The average Bonchev–Trinajstić information content (AvgIpc) is 2.17. The van der Waals surface area contributed by atoms with Crippen LogP contribution < -0.4 is 4.31 Å². The van der Waals surface area contributed by atoms with E-state index in [1.807, 2.05) is 0 Å². The van der Waals surface area contributed by atoms with Gasteiger partial charge in [0.1, 0.15) is 0 Å². The molecule has 0 bridgehead atoms. The molecule has 1 rings (SSSR count). The molecule has 1 radical (unpaired) electrons. The van der Waals surface area contributed by atoms with E-state index in [9.17, 15) is 8.42 Å². The molecule has 0 N–H and O–H groups in total. The summed E-state index contributed by atoms with van der Waals surface area (Å²) in [6, 6.07) is 9.89. The third-order valence-corrected chi connectivity index (χ3v) is 4.16. The molecule has 0 fully saturated rings. The highest BCUT2D eigenvalue weighted by Crippen LogP contribution is 2.17. The minimum absolute atomic E-state index is 0.416. The van der Waals surface area contributed by atoms with E-state index in [2.05, 4.69) is 6.07 Å². The fourth-order valence-electron chi connectivity index (χ4n) is 1.03. The molecule has 0 saturated carbocycles. The fraction of sp³-hybridized carbons (Fsp3) is 0.400. The predicted molar refractivity (Wildman–Crippen MR) is 57.7 cm³/mol. The van der Waals surface area contributed by atoms with Gasteiger partial charge in [-0.1, -0.05) is 18.2 Å². The van der Waals surface area contributed by atoms with Crippen LogP contribution in [0.3, 0.4) is 0 Å². The molecule has 0 aliphatic carbocycles. The van der Waals surface area contributed by atoms with Crippen molar-refractivity contribution in [2.24, 2.45) is 0 Å². The largest absolute Gasteiger partial charge is 0.272 e. The summed E-state index contributed by atoms with van der Waals surface area (Å²) >= 11 is 0. The van der Waals surface area contributed by atoms with Crippen LogP contribution >= 0.6 is 0 Å². The van der Waals surface area contributed by atoms with E-state index < -0.39 is 15.3 Å². The molecule has 77 valence electrons. The van der Waals surface area contributed by atoms with Gasteiger partial charge in [-0.25, -0.2) is 8.42 Å². The van der Waals surface area contributed by atoms with Crippen LogP contribution in [0.15, 0.2) is 24.3 Å². The Balaban J connectivity index is 3.03. The molecule has 4 heteroatoms. The summed E-state index contributed by atoms with van der Waals surface area (Å²) < 4.78 is 24.7. The molecule has 14 heavy (non-hydrogen) atoms. The molecule has 0 aliphatic heterocycles. The van der Waals surface area contributed by atoms with E-state index >= 15 is 0 Å². The van der Waals surface area contributed by atoms with Gasteiger partial charge in [-0.2, -0.15) is 0 Å². The Morgan fingerprint density at radius 2 is 2.00 bits per heavy atom. The molecule has 1 aromatic rings. The number of hydrogen-bond donors (Lipinski definition) is 0. The maximum absolute atomic E-state index is 11.7. The molecule has 1 aromatic carbocycles. The summed E-state index contributed by atoms with van der Waals surface area (Å²) in [6.45, 7) is 3.32. The predicted octanol–water partition coefficient (Wildman–Crippen LogP) is 1.66. The standard InChI is InChI=1S/C10H14NO2S/c1-9(2)14(12,13)11(3)10-7-5-4-6-8-10/h4-7,9H,1-3H3. The highest BCUT2D eigenvalue weighted by atomic mass is 32.2. The van der Waals surface area contributed by atoms with Crippen LogP contribution in [0.25, 0.3) is 0 Å². The topological polar surface area (TPSA) is 37.4 Å². The zero-order chi connectivity index (χ0) is 10.8. The lowest BCUT2D eigenvalue weighted by molar-refractivity contribution is 0.585. The lowest BCUT2D eigenvalue weighted by atomic mass is 10.3. The number of nitrogens with zero attached hydrogens (tertiary/aromatic N) is 1. The van der Waals surface area contributed by atoms with E-state index in [1.54, 1.807) is 45.2 Å². The molecule has 0 spiro atoms. The van der Waals surface area contributed by atoms with E-state index in [0.717, 1.165) is 0 Å². The van der Waals surface area contributed by atoms with Crippen LogP contribution in [0.2, 0.25) is 0 Å². The van der Waals surface area contributed by atoms with Gasteiger partial charge in [-0.15, -0.1) is 0 Å². The van der Waals surface area contributed by atoms with E-state index in [4.69, 9.17) is 0 Å². The molecule has 0 heterocycles. The second-order valence-corrected chi connectivity index (χ2v) is 5.83. The highest BCUT2D eigenvalue weighted by molar-refractivity contribution is 7.93. The minimum Gasteiger partial charge on any atom is -0.272 e. The second kappa shape index (κ2) is 4.00. The molecule has 0 atom stereocenters. The van der Waals surface area contributed by atoms with Crippen molar-refractivity contribution in [1.82, 2.24) is 0 Å². The Morgan fingerprint density at radius 3 is 2.43 bits per heavy atom. The van der Waals surface area contributed by atoms with Crippen LogP contribution in [-0.4, -0.2) is 20.7 Å². The van der Waals surface area contributed by atoms with Gasteiger partial charge in [0.05, 0.1) is 10.9 Å². The lowest BCUT2D eigenvalue weighted by Gasteiger charge is -2.21. The molecule has 0 aliphatic rings. The third kappa shape index (κ3) is 2.07. The Kier molecular flexibility index (Phi) is 3.16. The first-order valence-corrected chi connectivity index (χ1v) is 5.91. The van der Waals surface area contributed by atoms with Gasteiger partial charge in [-0.05, 0) is 19.9 Å². The lowest BCUT2D eigenvalue weighted by Crippen LogP contribution is -2.32. The van der Waals surface area contributed by atoms with Crippen molar-refractivity contribution in [2.45, 2.75) is 19.1 Å². The van der Waals surface area contributed by atoms with E-state index in [1.165, 1.54) is 4.31 Å². The van der Waals surface area contributed by atoms with Crippen molar-refractivity contribution >= 4 is 15.7 Å². The Morgan fingerprint density at radius 1 is 1.36 bits per heavy atom. The number of sulfonamides is 1. The molecule has 3 nitrogen and oxygen atoms in total. The number of rotatable bonds is 3. The summed E-state index contributed by atoms with van der Waals surface area (Å²) in [5.74, 6) is 0. The Bertz CT molecular complexity index is 384. The van der Waals surface area contributed by atoms with Crippen LogP contribution in [0.5, 0.6) is 0 Å². The van der Waals surface area contributed by atoms with Crippen molar-refractivity contribution in [2.75, 3.05) is 11.4 Å². The van der Waals surface area contributed by atoms with Gasteiger partial charge in [0.2, 0.25) is 10.0 Å². The maximum Gasteiger partial charge on any atom is 0.237 e. The smallest absolute Gasteiger partial charge is 0.237 e. The summed E-state index contributed by atoms with van der Waals surface area (Å²) in [5, 5.41) is -0.416. The maximum atomic E-state index is 11.7. The van der Waals surface area contributed by atoms with Crippen LogP contribution in [0, 0.1) is 6.07 Å². The number of benzene rings is 1. The first kappa shape index (κ1) is 11.0. The normalized spacial score (nSPS) is 11.7. The van der Waals surface area contributed by atoms with E-state index in [0.29, 0.717) is 5.69 Å². The van der Waals surface area contributed by atoms with Crippen LogP contribution in [0.1, 0.15) is 13.8 Å². The minimum atomic E-state index is -3.23. The first-order valence-electron chi connectivity index (χ1n) is 4.40. The van der Waals surface area contributed by atoms with Crippen LogP contribution in [-0.2, 0) is 10.0 Å². The Labute approximate surface area is 85.4 Å². The summed E-state index contributed by atoms with van der Waals surface area (Å²) in [6.07, 6.45) is 0. The molecule has 0 unspecified atom stereocenters. The molecular weight excluding hydrogens is 198 g/mol. The fourth-order valence-corrected chi connectivity index (χ4v) is 2.05. The molecule has 0 saturated heterocycles. The zero-order valence-corrected chi connectivity index (χ0v) is 9.38. The zero-order valence-electron chi connectivity index (χ0n) is 8.56. The van der Waals surface area contributed by atoms with Crippen molar-refractivity contribution in [1.29, 1.82) is 0 Å². The monoisotopic (exact) mass is 212 g/mol. The average molecular weight is 212 g/mol. The quantitative estimate of drug-likeness (QED) is 0.764. The number of hydrogen-bond acceptors (Lipinski definition) is 2. The van der Waals surface area contributed by atoms with Gasteiger partial charge in [0.25, 0.3) is 0 Å². The Hall–Kier alpha value is -1.03. The molecular formula is C10H14NO2S. The SMILES string of the molecule is CC(C)S(=O)(=O)N(C)c1[c]cccc1. The second-order valence-electron chi connectivity index (χ2n) is 3.31. The van der Waals surface area contributed by atoms with Crippen molar-refractivity contribution in [3.05, 3.63) is 30.3 Å². The number of para-hydroxylation sites is 1. The van der Waals surface area contributed by atoms with Crippen molar-refractivity contribution in [3.63, 3.8) is 0 Å². The van der Waals surface area contributed by atoms with Gasteiger partial charge >= 0.3 is 0 Å². The van der Waals surface area contributed by atoms with Gasteiger partial charge in [0, 0.05) is 13.1 Å². The highest BCUT2D eigenvalue weighted by Gasteiger charge is 2.22. The van der Waals surface area contributed by atoms with Gasteiger partial charge in [0.15, 0.2) is 0 Å². The molecule has 0 amide bonds. The van der Waals surface area contributed by atoms with Crippen molar-refractivity contribution < 1.29 is 8.42 Å².